The molecular weight excluding hydrogens is 214 g/mol. The number of carbonyl (C=O) groups is 1. The van der Waals surface area contributed by atoms with E-state index in [1.54, 1.807) is 6.07 Å². The first-order chi connectivity index (χ1) is 7.38. The van der Waals surface area contributed by atoms with E-state index in [4.69, 9.17) is 5.26 Å². The van der Waals surface area contributed by atoms with E-state index in [9.17, 15) is 13.6 Å². The minimum Gasteiger partial charge on any atom is -0.322 e. The third kappa shape index (κ3) is 2.34. The van der Waals surface area contributed by atoms with Gasteiger partial charge >= 0.3 is 0 Å². The number of hydrogen-bond donors (Lipinski definition) is 1. The molecule has 0 saturated carbocycles. The lowest BCUT2D eigenvalue weighted by Crippen LogP contribution is -2.29. The molecule has 0 unspecified atom stereocenters. The highest BCUT2D eigenvalue weighted by Crippen LogP contribution is 2.20. The molecule has 1 amide bonds. The van der Waals surface area contributed by atoms with Crippen LogP contribution in [0.15, 0.2) is 18.2 Å². The number of anilines is 1. The molecule has 84 valence electrons. The van der Waals surface area contributed by atoms with Gasteiger partial charge in [0.05, 0.1) is 11.8 Å². The van der Waals surface area contributed by atoms with E-state index in [1.807, 2.05) is 0 Å². The number of rotatable bonds is 2. The van der Waals surface area contributed by atoms with Gasteiger partial charge in [-0.2, -0.15) is 5.26 Å². The summed E-state index contributed by atoms with van der Waals surface area (Å²) in [5.41, 5.74) is -1.56. The van der Waals surface area contributed by atoms with Gasteiger partial charge in [-0.15, -0.1) is 0 Å². The smallest absolute Gasteiger partial charge is 0.244 e. The van der Waals surface area contributed by atoms with Crippen molar-refractivity contribution in [3.63, 3.8) is 0 Å². The first-order valence-electron chi connectivity index (χ1n) is 4.55. The monoisotopic (exact) mass is 224 g/mol. The number of hydrogen-bond acceptors (Lipinski definition) is 2. The third-order valence-electron chi connectivity index (χ3n) is 2.05. The van der Waals surface area contributed by atoms with Crippen molar-refractivity contribution in [2.75, 3.05) is 5.32 Å². The van der Waals surface area contributed by atoms with Crippen molar-refractivity contribution in [3.8, 4) is 6.07 Å². The van der Waals surface area contributed by atoms with Gasteiger partial charge < -0.3 is 5.32 Å². The summed E-state index contributed by atoms with van der Waals surface area (Å²) < 4.78 is 26.0. The fraction of sp³-hybridized carbons (Fsp3) is 0.273. The topological polar surface area (TPSA) is 52.9 Å². The minimum absolute atomic E-state index is 0.270. The Labute approximate surface area is 91.7 Å². The zero-order valence-corrected chi connectivity index (χ0v) is 8.84. The predicted molar refractivity (Wildman–Crippen MR) is 54.4 cm³/mol. The highest BCUT2D eigenvalue weighted by atomic mass is 19.2. The Bertz CT molecular complexity index is 464. The van der Waals surface area contributed by atoms with E-state index in [2.05, 4.69) is 5.32 Å². The molecule has 1 N–H and O–H groups in total. The molecule has 16 heavy (non-hydrogen) atoms. The van der Waals surface area contributed by atoms with E-state index < -0.39 is 23.0 Å². The molecule has 0 aliphatic carbocycles. The maximum atomic E-state index is 13.2. The molecular formula is C11H10F2N2O. The van der Waals surface area contributed by atoms with Gasteiger partial charge in [0, 0.05) is 0 Å². The van der Waals surface area contributed by atoms with Crippen molar-refractivity contribution in [3.05, 3.63) is 29.8 Å². The fourth-order valence-corrected chi connectivity index (χ4v) is 0.930. The lowest BCUT2D eigenvalue weighted by Gasteiger charge is -2.15. The van der Waals surface area contributed by atoms with Gasteiger partial charge in [0.15, 0.2) is 11.6 Å². The molecule has 0 bridgehead atoms. The van der Waals surface area contributed by atoms with Crippen LogP contribution in [0.2, 0.25) is 0 Å². The van der Waals surface area contributed by atoms with Crippen molar-refractivity contribution in [2.24, 2.45) is 5.41 Å². The van der Waals surface area contributed by atoms with Gasteiger partial charge in [0.25, 0.3) is 0 Å². The number of benzene rings is 1. The first-order valence-corrected chi connectivity index (χ1v) is 4.55. The Morgan fingerprint density at radius 1 is 1.44 bits per heavy atom. The number of nitrogens with one attached hydrogen (secondary N) is 1. The van der Waals surface area contributed by atoms with Crippen LogP contribution >= 0.6 is 0 Å². The van der Waals surface area contributed by atoms with Gasteiger partial charge in [0.2, 0.25) is 5.91 Å². The van der Waals surface area contributed by atoms with E-state index in [0.29, 0.717) is 0 Å². The average Bonchev–Trinajstić information content (AvgIpc) is 2.24. The fourth-order valence-electron chi connectivity index (χ4n) is 0.930. The quantitative estimate of drug-likeness (QED) is 0.838. The Morgan fingerprint density at radius 3 is 2.62 bits per heavy atom. The van der Waals surface area contributed by atoms with Crippen LogP contribution in [0.5, 0.6) is 0 Å². The molecule has 1 aromatic carbocycles. The molecule has 3 nitrogen and oxygen atoms in total. The Morgan fingerprint density at radius 2 is 2.06 bits per heavy atom. The summed E-state index contributed by atoms with van der Waals surface area (Å²) in [7, 11) is 0. The summed E-state index contributed by atoms with van der Waals surface area (Å²) in [5, 5.41) is 10.9. The highest BCUT2D eigenvalue weighted by molar-refractivity contribution is 5.96. The van der Waals surface area contributed by atoms with E-state index in [-0.39, 0.29) is 5.69 Å². The SMILES string of the molecule is CC(C)(C#N)C(=O)Nc1cccc(F)c1F. The molecule has 0 radical (unpaired) electrons. The predicted octanol–water partition coefficient (Wildman–Crippen LogP) is 2.45. The van der Waals surface area contributed by atoms with Gasteiger partial charge in [-0.3, -0.25) is 4.79 Å². The lowest BCUT2D eigenvalue weighted by molar-refractivity contribution is -0.121. The summed E-state index contributed by atoms with van der Waals surface area (Å²) in [6, 6.07) is 5.21. The van der Waals surface area contributed by atoms with Crippen LogP contribution in [0.25, 0.3) is 0 Å². The van der Waals surface area contributed by atoms with E-state index in [0.717, 1.165) is 6.07 Å². The van der Waals surface area contributed by atoms with Crippen LogP contribution in [-0.2, 0) is 4.79 Å². The molecule has 0 aromatic heterocycles. The van der Waals surface area contributed by atoms with Gasteiger partial charge in [-0.25, -0.2) is 8.78 Å². The van der Waals surface area contributed by atoms with Crippen molar-refractivity contribution >= 4 is 11.6 Å². The van der Waals surface area contributed by atoms with Crippen LogP contribution in [0, 0.1) is 28.4 Å². The minimum atomic E-state index is -1.29. The summed E-state index contributed by atoms with van der Waals surface area (Å²) >= 11 is 0. The number of nitriles is 1. The molecule has 0 aliphatic heterocycles. The number of nitrogens with zero attached hydrogens (tertiary/aromatic N) is 1. The maximum absolute atomic E-state index is 13.2. The maximum Gasteiger partial charge on any atom is 0.244 e. The summed E-state index contributed by atoms with van der Waals surface area (Å²) in [5.74, 6) is -2.86. The second-order valence-electron chi connectivity index (χ2n) is 3.79. The molecule has 0 heterocycles. The second kappa shape index (κ2) is 4.27. The van der Waals surface area contributed by atoms with Crippen LogP contribution in [0.1, 0.15) is 13.8 Å². The number of amides is 1. The second-order valence-corrected chi connectivity index (χ2v) is 3.79. The zero-order chi connectivity index (χ0) is 12.3. The molecule has 0 atom stereocenters. The largest absolute Gasteiger partial charge is 0.322 e. The van der Waals surface area contributed by atoms with Crippen LogP contribution in [0.4, 0.5) is 14.5 Å². The van der Waals surface area contributed by atoms with Crippen LogP contribution in [0.3, 0.4) is 0 Å². The normalized spacial score (nSPS) is 10.7. The van der Waals surface area contributed by atoms with E-state index >= 15 is 0 Å². The molecule has 1 aromatic rings. The Kier molecular flexibility index (Phi) is 3.23. The van der Waals surface area contributed by atoms with Crippen molar-refractivity contribution in [1.29, 1.82) is 5.26 Å². The van der Waals surface area contributed by atoms with E-state index in [1.165, 1.54) is 26.0 Å². The third-order valence-corrected chi connectivity index (χ3v) is 2.05. The molecule has 5 heteroatoms. The van der Waals surface area contributed by atoms with Crippen LogP contribution < -0.4 is 5.32 Å². The summed E-state index contributed by atoms with van der Waals surface area (Å²) in [6.07, 6.45) is 0. The average molecular weight is 224 g/mol. The van der Waals surface area contributed by atoms with Gasteiger partial charge in [-0.05, 0) is 26.0 Å². The molecule has 0 spiro atoms. The number of carbonyl (C=O) groups excluding carboxylic acids is 1. The molecule has 0 fully saturated rings. The van der Waals surface area contributed by atoms with Gasteiger partial charge in [-0.1, -0.05) is 6.07 Å². The first kappa shape index (κ1) is 12.1. The summed E-state index contributed by atoms with van der Waals surface area (Å²) in [6.45, 7) is 2.78. The van der Waals surface area contributed by atoms with Crippen molar-refractivity contribution in [2.45, 2.75) is 13.8 Å². The number of halogens is 2. The molecule has 0 saturated heterocycles. The molecule has 1 rings (SSSR count). The Balaban J connectivity index is 2.95. The van der Waals surface area contributed by atoms with Gasteiger partial charge in [0.1, 0.15) is 5.41 Å². The zero-order valence-electron chi connectivity index (χ0n) is 8.84. The van der Waals surface area contributed by atoms with Crippen molar-refractivity contribution < 1.29 is 13.6 Å². The Hall–Kier alpha value is -1.96. The lowest BCUT2D eigenvalue weighted by atomic mass is 9.94. The van der Waals surface area contributed by atoms with Crippen LogP contribution in [-0.4, -0.2) is 5.91 Å². The highest BCUT2D eigenvalue weighted by Gasteiger charge is 2.28. The summed E-state index contributed by atoms with van der Waals surface area (Å²) in [4.78, 5) is 11.5. The van der Waals surface area contributed by atoms with Crippen molar-refractivity contribution in [1.82, 2.24) is 0 Å². The molecule has 0 aliphatic rings. The standard InChI is InChI=1S/C11H10F2N2O/c1-11(2,6-14)10(16)15-8-5-3-4-7(12)9(8)13/h3-5H,1-2H3,(H,15,16).